The van der Waals surface area contributed by atoms with Crippen molar-refractivity contribution in [2.75, 3.05) is 13.2 Å². The molecule has 0 saturated carbocycles. The normalized spacial score (nSPS) is 18.6. The van der Waals surface area contributed by atoms with Gasteiger partial charge in [-0.15, -0.1) is 5.10 Å². The monoisotopic (exact) mass is 197 g/mol. The molecule has 5 nitrogen and oxygen atoms in total. The highest BCUT2D eigenvalue weighted by Crippen LogP contribution is 2.09. The van der Waals surface area contributed by atoms with Crippen molar-refractivity contribution in [1.82, 2.24) is 15.0 Å². The molecule has 1 aliphatic rings. The van der Waals surface area contributed by atoms with Crippen LogP contribution in [0.15, 0.2) is 6.20 Å². The van der Waals surface area contributed by atoms with Gasteiger partial charge in [0.15, 0.2) is 6.29 Å². The van der Waals surface area contributed by atoms with Gasteiger partial charge >= 0.3 is 0 Å². The molecule has 0 aliphatic carbocycles. The Morgan fingerprint density at radius 1 is 1.50 bits per heavy atom. The predicted octanol–water partition coefficient (Wildman–Crippen LogP) is 0.740. The van der Waals surface area contributed by atoms with E-state index in [2.05, 4.69) is 10.3 Å². The van der Waals surface area contributed by atoms with Gasteiger partial charge in [0, 0.05) is 19.2 Å². The third-order valence-corrected chi connectivity index (χ3v) is 2.14. The van der Waals surface area contributed by atoms with E-state index in [0.717, 1.165) is 38.3 Å². The summed E-state index contributed by atoms with van der Waals surface area (Å²) in [5.41, 5.74) is 0.940. The summed E-state index contributed by atoms with van der Waals surface area (Å²) in [6, 6.07) is 0. The number of aromatic nitrogens is 3. The lowest BCUT2D eigenvalue weighted by Gasteiger charge is -2.22. The first-order chi connectivity index (χ1) is 6.84. The molecule has 2 heterocycles. The minimum atomic E-state index is -0.0618. The Kier molecular flexibility index (Phi) is 3.10. The highest BCUT2D eigenvalue weighted by molar-refractivity contribution is 4.86. The number of aryl methyl sites for hydroxylation is 2. The Morgan fingerprint density at radius 3 is 2.93 bits per heavy atom. The van der Waals surface area contributed by atoms with E-state index in [1.54, 1.807) is 0 Å². The smallest absolute Gasteiger partial charge is 0.159 e. The van der Waals surface area contributed by atoms with Crippen molar-refractivity contribution in [3.63, 3.8) is 0 Å². The third-order valence-electron chi connectivity index (χ3n) is 2.14. The van der Waals surface area contributed by atoms with Crippen molar-refractivity contribution in [3.05, 3.63) is 11.9 Å². The lowest BCUT2D eigenvalue weighted by atomic mass is 10.3. The van der Waals surface area contributed by atoms with E-state index >= 15 is 0 Å². The van der Waals surface area contributed by atoms with Crippen LogP contribution >= 0.6 is 0 Å². The number of hydrogen-bond acceptors (Lipinski definition) is 4. The molecule has 1 fully saturated rings. The quantitative estimate of drug-likeness (QED) is 0.717. The Balaban J connectivity index is 1.76. The second-order valence-corrected chi connectivity index (χ2v) is 3.44. The third kappa shape index (κ3) is 2.52. The number of nitrogens with zero attached hydrogens (tertiary/aromatic N) is 3. The van der Waals surface area contributed by atoms with Crippen LogP contribution in [0, 0.1) is 6.92 Å². The Hall–Kier alpha value is -0.940. The van der Waals surface area contributed by atoms with Crippen molar-refractivity contribution in [2.24, 2.45) is 0 Å². The van der Waals surface area contributed by atoms with Gasteiger partial charge in [0.1, 0.15) is 0 Å². The maximum atomic E-state index is 5.42. The van der Waals surface area contributed by atoms with E-state index in [-0.39, 0.29) is 6.29 Å². The second-order valence-electron chi connectivity index (χ2n) is 3.44. The van der Waals surface area contributed by atoms with Crippen LogP contribution < -0.4 is 0 Å². The molecule has 0 atom stereocenters. The fourth-order valence-electron chi connectivity index (χ4n) is 1.45. The molecule has 0 bridgehead atoms. The zero-order chi connectivity index (χ0) is 9.80. The van der Waals surface area contributed by atoms with E-state index < -0.39 is 0 Å². The number of hydrogen-bond donors (Lipinski definition) is 0. The summed E-state index contributed by atoms with van der Waals surface area (Å²) in [6.07, 6.45) is 3.69. The summed E-state index contributed by atoms with van der Waals surface area (Å²) < 4.78 is 12.7. The van der Waals surface area contributed by atoms with Gasteiger partial charge in [0.05, 0.1) is 18.9 Å². The Labute approximate surface area is 83.0 Å². The standard InChI is InChI=1S/C9H15N3O2/c1-8-7-12(11-10-8)4-3-9-13-5-2-6-14-9/h7,9H,2-6H2,1H3. The second kappa shape index (κ2) is 4.52. The van der Waals surface area contributed by atoms with Gasteiger partial charge in [-0.3, -0.25) is 4.68 Å². The first-order valence-corrected chi connectivity index (χ1v) is 4.94. The molecule has 1 aromatic rings. The fourth-order valence-corrected chi connectivity index (χ4v) is 1.45. The first-order valence-electron chi connectivity index (χ1n) is 4.94. The van der Waals surface area contributed by atoms with Crippen molar-refractivity contribution in [2.45, 2.75) is 32.6 Å². The van der Waals surface area contributed by atoms with Crippen LogP contribution in [0.4, 0.5) is 0 Å². The van der Waals surface area contributed by atoms with Crippen molar-refractivity contribution >= 4 is 0 Å². The molecule has 0 spiro atoms. The van der Waals surface area contributed by atoms with Crippen molar-refractivity contribution in [1.29, 1.82) is 0 Å². The zero-order valence-electron chi connectivity index (χ0n) is 8.35. The molecule has 5 heteroatoms. The maximum Gasteiger partial charge on any atom is 0.159 e. The van der Waals surface area contributed by atoms with Gasteiger partial charge in [-0.1, -0.05) is 5.21 Å². The van der Waals surface area contributed by atoms with Crippen LogP contribution in [0.2, 0.25) is 0 Å². The van der Waals surface area contributed by atoms with Crippen LogP contribution in [-0.4, -0.2) is 34.5 Å². The molecule has 0 unspecified atom stereocenters. The largest absolute Gasteiger partial charge is 0.353 e. The average Bonchev–Trinajstić information content (AvgIpc) is 2.63. The topological polar surface area (TPSA) is 49.2 Å². The summed E-state index contributed by atoms with van der Waals surface area (Å²) in [5.74, 6) is 0. The summed E-state index contributed by atoms with van der Waals surface area (Å²) in [5, 5.41) is 7.87. The highest BCUT2D eigenvalue weighted by Gasteiger charge is 2.13. The number of ether oxygens (including phenoxy) is 2. The van der Waals surface area contributed by atoms with Crippen molar-refractivity contribution < 1.29 is 9.47 Å². The lowest BCUT2D eigenvalue weighted by molar-refractivity contribution is -0.182. The minimum absolute atomic E-state index is 0.0618. The highest BCUT2D eigenvalue weighted by atomic mass is 16.7. The molecule has 1 aromatic heterocycles. The lowest BCUT2D eigenvalue weighted by Crippen LogP contribution is -2.26. The average molecular weight is 197 g/mol. The molecule has 1 saturated heterocycles. The molecule has 0 amide bonds. The molecule has 14 heavy (non-hydrogen) atoms. The molecule has 78 valence electrons. The maximum absolute atomic E-state index is 5.42. The van der Waals surface area contributed by atoms with Crippen LogP contribution in [0.25, 0.3) is 0 Å². The van der Waals surface area contributed by atoms with Crippen molar-refractivity contribution in [3.8, 4) is 0 Å². The Morgan fingerprint density at radius 2 is 2.29 bits per heavy atom. The van der Waals surface area contributed by atoms with Crippen LogP contribution in [0.3, 0.4) is 0 Å². The van der Waals surface area contributed by atoms with Gasteiger partial charge < -0.3 is 9.47 Å². The summed E-state index contributed by atoms with van der Waals surface area (Å²) >= 11 is 0. The summed E-state index contributed by atoms with van der Waals surface area (Å²) in [7, 11) is 0. The zero-order valence-corrected chi connectivity index (χ0v) is 8.35. The van der Waals surface area contributed by atoms with E-state index in [1.165, 1.54) is 0 Å². The van der Waals surface area contributed by atoms with Gasteiger partial charge in [-0.05, 0) is 13.3 Å². The number of rotatable bonds is 3. The van der Waals surface area contributed by atoms with Crippen LogP contribution in [-0.2, 0) is 16.0 Å². The molecule has 0 N–H and O–H groups in total. The molecule has 0 aromatic carbocycles. The molecule has 1 aliphatic heterocycles. The van der Waals surface area contributed by atoms with E-state index in [0.29, 0.717) is 0 Å². The van der Waals surface area contributed by atoms with Crippen LogP contribution in [0.1, 0.15) is 18.5 Å². The molecule has 2 rings (SSSR count). The van der Waals surface area contributed by atoms with E-state index in [9.17, 15) is 0 Å². The van der Waals surface area contributed by atoms with Gasteiger partial charge in [0.25, 0.3) is 0 Å². The van der Waals surface area contributed by atoms with Gasteiger partial charge in [0.2, 0.25) is 0 Å². The van der Waals surface area contributed by atoms with Gasteiger partial charge in [-0.25, -0.2) is 0 Å². The predicted molar refractivity (Wildman–Crippen MR) is 49.7 cm³/mol. The summed E-state index contributed by atoms with van der Waals surface area (Å²) in [6.45, 7) is 4.34. The fraction of sp³-hybridized carbons (Fsp3) is 0.778. The Bertz CT molecular complexity index is 281. The molecular formula is C9H15N3O2. The summed E-state index contributed by atoms with van der Waals surface area (Å²) in [4.78, 5) is 0. The first kappa shape index (κ1) is 9.61. The molecule has 0 radical (unpaired) electrons. The minimum Gasteiger partial charge on any atom is -0.353 e. The molecular weight excluding hydrogens is 182 g/mol. The van der Waals surface area contributed by atoms with Crippen LogP contribution in [0.5, 0.6) is 0 Å². The van der Waals surface area contributed by atoms with E-state index in [4.69, 9.17) is 9.47 Å². The van der Waals surface area contributed by atoms with E-state index in [1.807, 2.05) is 17.8 Å². The van der Waals surface area contributed by atoms with Gasteiger partial charge in [-0.2, -0.15) is 0 Å². The SMILES string of the molecule is Cc1cn(CCC2OCCCO2)nn1.